The van der Waals surface area contributed by atoms with Crippen LogP contribution in [0.5, 0.6) is 5.75 Å². The fourth-order valence-corrected chi connectivity index (χ4v) is 6.11. The van der Waals surface area contributed by atoms with Crippen molar-refractivity contribution in [3.05, 3.63) is 108 Å². The first kappa shape index (κ1) is 27.9. The predicted molar refractivity (Wildman–Crippen MR) is 164 cm³/mol. The molecular weight excluding hydrogens is 524 g/mol. The number of fused-ring (bicyclic) bond motifs is 1. The molecule has 2 aliphatic heterocycles. The van der Waals surface area contributed by atoms with Crippen molar-refractivity contribution < 1.29 is 14.6 Å². The Balaban J connectivity index is 1.15. The van der Waals surface area contributed by atoms with Gasteiger partial charge in [0.05, 0.1) is 17.8 Å². The summed E-state index contributed by atoms with van der Waals surface area (Å²) in [5.41, 5.74) is 5.17. The fraction of sp³-hybridized carbons (Fsp3) is 0.343. The first-order valence-electron chi connectivity index (χ1n) is 14.8. The number of para-hydroxylation sites is 1. The molecule has 1 saturated heterocycles. The van der Waals surface area contributed by atoms with Crippen LogP contribution in [0, 0.1) is 5.92 Å². The molecule has 0 atom stereocenters. The molecule has 216 valence electrons. The Hall–Kier alpha value is -4.23. The number of amides is 1. The van der Waals surface area contributed by atoms with E-state index in [0.29, 0.717) is 31.7 Å². The Morgan fingerprint density at radius 2 is 1.64 bits per heavy atom. The Kier molecular flexibility index (Phi) is 7.94. The van der Waals surface area contributed by atoms with Gasteiger partial charge in [0.1, 0.15) is 24.5 Å². The minimum atomic E-state index is -0.673. The second-order valence-corrected chi connectivity index (χ2v) is 11.9. The van der Waals surface area contributed by atoms with Crippen molar-refractivity contribution in [2.45, 2.75) is 51.9 Å². The third-order valence-corrected chi connectivity index (χ3v) is 8.63. The van der Waals surface area contributed by atoms with E-state index in [4.69, 9.17) is 4.74 Å². The van der Waals surface area contributed by atoms with Crippen LogP contribution in [0.2, 0.25) is 0 Å². The van der Waals surface area contributed by atoms with Gasteiger partial charge >= 0.3 is 0 Å². The highest BCUT2D eigenvalue weighted by Gasteiger charge is 2.33. The monoisotopic (exact) mass is 562 g/mol. The number of hydrogen-bond donors (Lipinski definition) is 1. The lowest BCUT2D eigenvalue weighted by atomic mass is 9.83. The first-order chi connectivity index (χ1) is 20.4. The van der Waals surface area contributed by atoms with E-state index in [1.54, 1.807) is 6.33 Å². The van der Waals surface area contributed by atoms with E-state index >= 15 is 0 Å². The van der Waals surface area contributed by atoms with E-state index < -0.39 is 5.60 Å². The van der Waals surface area contributed by atoms with Gasteiger partial charge < -0.3 is 19.6 Å². The van der Waals surface area contributed by atoms with Gasteiger partial charge in [-0.1, -0.05) is 60.7 Å². The van der Waals surface area contributed by atoms with E-state index in [1.807, 2.05) is 85.5 Å². The minimum Gasteiger partial charge on any atom is -0.488 e. The van der Waals surface area contributed by atoms with Crippen molar-refractivity contribution in [3.63, 3.8) is 0 Å². The lowest BCUT2D eigenvalue weighted by Gasteiger charge is -2.39. The van der Waals surface area contributed by atoms with Crippen LogP contribution < -0.4 is 9.64 Å². The quantitative estimate of drug-likeness (QED) is 0.302. The number of nitrogens with zero attached hydrogens (tertiary/aromatic N) is 4. The third kappa shape index (κ3) is 6.02. The molecule has 0 unspecified atom stereocenters. The topological polar surface area (TPSA) is 78.8 Å². The Bertz CT molecular complexity index is 1520. The van der Waals surface area contributed by atoms with Crippen molar-refractivity contribution in [1.29, 1.82) is 0 Å². The van der Waals surface area contributed by atoms with Crippen molar-refractivity contribution in [2.24, 2.45) is 5.92 Å². The number of piperidine rings is 1. The van der Waals surface area contributed by atoms with Crippen LogP contribution in [0.25, 0.3) is 11.1 Å². The second kappa shape index (κ2) is 11.9. The number of rotatable bonds is 7. The molecular formula is C35H38N4O3. The molecule has 1 fully saturated rings. The average Bonchev–Trinajstić information content (AvgIpc) is 3.03. The number of carbonyl (C=O) groups excluding carboxylic acids is 1. The van der Waals surface area contributed by atoms with Gasteiger partial charge in [-0.3, -0.25) is 4.79 Å². The Labute approximate surface area is 247 Å². The molecule has 0 saturated carbocycles. The van der Waals surface area contributed by atoms with E-state index in [9.17, 15) is 9.90 Å². The van der Waals surface area contributed by atoms with E-state index in [-0.39, 0.29) is 11.8 Å². The third-order valence-electron chi connectivity index (χ3n) is 8.63. The maximum absolute atomic E-state index is 13.6. The van der Waals surface area contributed by atoms with Crippen molar-refractivity contribution >= 4 is 11.7 Å². The Morgan fingerprint density at radius 1 is 0.929 bits per heavy atom. The van der Waals surface area contributed by atoms with Crippen LogP contribution >= 0.6 is 0 Å². The van der Waals surface area contributed by atoms with Crippen LogP contribution in [0.4, 0.5) is 5.82 Å². The van der Waals surface area contributed by atoms with Gasteiger partial charge in [0.2, 0.25) is 0 Å². The summed E-state index contributed by atoms with van der Waals surface area (Å²) < 4.78 is 6.16. The molecule has 42 heavy (non-hydrogen) atoms. The molecule has 0 radical (unpaired) electrons. The molecule has 1 amide bonds. The van der Waals surface area contributed by atoms with Crippen LogP contribution in [0.15, 0.2) is 85.2 Å². The molecule has 1 N–H and O–H groups in total. The maximum atomic E-state index is 13.6. The molecule has 3 aromatic carbocycles. The standard InChI is InChI=1S/C35H38N4O3/c1-35(2,41)28-16-19-38(20-17-28)33-30-22-39(21-18-31(30)36-24-37-33)34(40)27-14-12-26(13-15-27)29-10-6-7-11-32(29)42-23-25-8-4-3-5-9-25/h3-15,24,28,41H,16-23H2,1-2H3. The molecule has 0 aliphatic carbocycles. The molecule has 4 aromatic rings. The number of aliphatic hydroxyl groups is 1. The summed E-state index contributed by atoms with van der Waals surface area (Å²) in [5.74, 6) is 2.02. The summed E-state index contributed by atoms with van der Waals surface area (Å²) in [7, 11) is 0. The zero-order chi connectivity index (χ0) is 29.1. The van der Waals surface area contributed by atoms with Crippen LogP contribution in [0.1, 0.15) is 53.9 Å². The zero-order valence-corrected chi connectivity index (χ0v) is 24.4. The van der Waals surface area contributed by atoms with Crippen LogP contribution in [0.3, 0.4) is 0 Å². The van der Waals surface area contributed by atoms with Gasteiger partial charge in [-0.2, -0.15) is 0 Å². The zero-order valence-electron chi connectivity index (χ0n) is 24.4. The van der Waals surface area contributed by atoms with Crippen molar-refractivity contribution in [1.82, 2.24) is 14.9 Å². The van der Waals surface area contributed by atoms with Gasteiger partial charge in [0.25, 0.3) is 5.91 Å². The summed E-state index contributed by atoms with van der Waals surface area (Å²) in [6.07, 6.45) is 4.18. The highest BCUT2D eigenvalue weighted by Crippen LogP contribution is 2.34. The molecule has 1 aromatic heterocycles. The van der Waals surface area contributed by atoms with Gasteiger partial charge in [-0.15, -0.1) is 0 Å². The summed E-state index contributed by atoms with van der Waals surface area (Å²) in [6, 6.07) is 25.9. The SMILES string of the molecule is CC(C)(O)C1CCN(c2ncnc3c2CN(C(=O)c2ccc(-c4ccccc4OCc4ccccc4)cc2)CC3)CC1. The van der Waals surface area contributed by atoms with Crippen molar-refractivity contribution in [3.8, 4) is 16.9 Å². The highest BCUT2D eigenvalue weighted by atomic mass is 16.5. The molecule has 7 nitrogen and oxygen atoms in total. The number of hydrogen-bond acceptors (Lipinski definition) is 6. The highest BCUT2D eigenvalue weighted by molar-refractivity contribution is 5.95. The molecule has 0 bridgehead atoms. The first-order valence-corrected chi connectivity index (χ1v) is 14.8. The van der Waals surface area contributed by atoms with E-state index in [1.165, 1.54) is 0 Å². The number of anilines is 1. The number of benzene rings is 3. The lowest BCUT2D eigenvalue weighted by molar-refractivity contribution is 0.00641. The summed E-state index contributed by atoms with van der Waals surface area (Å²) in [6.45, 7) is 7.08. The average molecular weight is 563 g/mol. The lowest BCUT2D eigenvalue weighted by Crippen LogP contribution is -2.43. The Morgan fingerprint density at radius 3 is 2.38 bits per heavy atom. The fourth-order valence-electron chi connectivity index (χ4n) is 6.11. The van der Waals surface area contributed by atoms with E-state index in [0.717, 1.165) is 65.4 Å². The molecule has 0 spiro atoms. The van der Waals surface area contributed by atoms with Crippen molar-refractivity contribution in [2.75, 3.05) is 24.5 Å². The van der Waals surface area contributed by atoms with Crippen LogP contribution in [-0.4, -0.2) is 51.1 Å². The van der Waals surface area contributed by atoms with Crippen LogP contribution in [-0.2, 0) is 19.6 Å². The molecule has 6 rings (SSSR count). The number of carbonyl (C=O) groups is 1. The molecule has 2 aliphatic rings. The minimum absolute atomic E-state index is 0.0105. The van der Waals surface area contributed by atoms with Gasteiger partial charge in [-0.25, -0.2) is 9.97 Å². The summed E-state index contributed by atoms with van der Waals surface area (Å²) in [5, 5.41) is 10.5. The maximum Gasteiger partial charge on any atom is 0.254 e. The smallest absolute Gasteiger partial charge is 0.254 e. The number of ether oxygens (including phenoxy) is 1. The van der Waals surface area contributed by atoms with E-state index in [2.05, 4.69) is 27.0 Å². The summed E-state index contributed by atoms with van der Waals surface area (Å²) >= 11 is 0. The molecule has 3 heterocycles. The second-order valence-electron chi connectivity index (χ2n) is 11.9. The van der Waals surface area contributed by atoms with Gasteiger partial charge in [-0.05, 0) is 61.9 Å². The number of aromatic nitrogens is 2. The normalized spacial score (nSPS) is 15.8. The van der Waals surface area contributed by atoms with Gasteiger partial charge in [0.15, 0.2) is 0 Å². The predicted octanol–water partition coefficient (Wildman–Crippen LogP) is 5.91. The molecule has 7 heteroatoms. The largest absolute Gasteiger partial charge is 0.488 e. The van der Waals surface area contributed by atoms with Gasteiger partial charge in [0, 0.05) is 42.7 Å². The summed E-state index contributed by atoms with van der Waals surface area (Å²) in [4.78, 5) is 27.1.